The van der Waals surface area contributed by atoms with Crippen molar-refractivity contribution < 1.29 is 4.79 Å². The highest BCUT2D eigenvalue weighted by atomic mass is 32.2. The van der Waals surface area contributed by atoms with Crippen molar-refractivity contribution in [3.63, 3.8) is 0 Å². The molecule has 3 heteroatoms. The van der Waals surface area contributed by atoms with E-state index in [9.17, 15) is 4.79 Å². The summed E-state index contributed by atoms with van der Waals surface area (Å²) in [4.78, 5) is 12.0. The molecule has 0 atom stereocenters. The molecule has 0 spiro atoms. The van der Waals surface area contributed by atoms with Gasteiger partial charge in [0, 0.05) is 4.91 Å². The van der Waals surface area contributed by atoms with Crippen molar-refractivity contribution in [2.24, 2.45) is 0 Å². The van der Waals surface area contributed by atoms with Crippen LogP contribution in [0.1, 0.15) is 20.8 Å². The van der Waals surface area contributed by atoms with Gasteiger partial charge in [-0.05, 0) is 13.0 Å². The Hall–Kier alpha value is -0.960. The van der Waals surface area contributed by atoms with Crippen LogP contribution in [0.25, 0.3) is 0 Å². The van der Waals surface area contributed by atoms with Crippen LogP contribution in [0, 0.1) is 0 Å². The predicted molar refractivity (Wildman–Crippen MR) is 64.0 cm³/mol. The normalized spacial score (nSPS) is 21.2. The van der Waals surface area contributed by atoms with Crippen molar-refractivity contribution in [2.45, 2.75) is 20.8 Å². The van der Waals surface area contributed by atoms with E-state index in [4.69, 9.17) is 0 Å². The summed E-state index contributed by atoms with van der Waals surface area (Å²) in [5.41, 5.74) is 0.885. The van der Waals surface area contributed by atoms with Crippen molar-refractivity contribution in [3.8, 4) is 0 Å². The Balaban J connectivity index is 0.000000791. The molecule has 1 heterocycles. The van der Waals surface area contributed by atoms with E-state index >= 15 is 0 Å². The van der Waals surface area contributed by atoms with Crippen LogP contribution in [0.3, 0.4) is 0 Å². The molecule has 1 N–H and O–H groups in total. The molecule has 1 saturated heterocycles. The van der Waals surface area contributed by atoms with Gasteiger partial charge in [0.15, 0.2) is 0 Å². The van der Waals surface area contributed by atoms with Crippen molar-refractivity contribution in [3.05, 3.63) is 35.4 Å². The van der Waals surface area contributed by atoms with Gasteiger partial charge in [-0.15, -0.1) is 11.8 Å². The third-order valence-electron chi connectivity index (χ3n) is 1.46. The Morgan fingerprint density at radius 1 is 1.50 bits per heavy atom. The molecule has 0 aromatic heterocycles. The van der Waals surface area contributed by atoms with E-state index < -0.39 is 0 Å². The first-order valence-electron chi connectivity index (χ1n) is 4.70. The third-order valence-corrected chi connectivity index (χ3v) is 2.53. The van der Waals surface area contributed by atoms with Crippen molar-refractivity contribution in [2.75, 3.05) is 5.75 Å². The van der Waals surface area contributed by atoms with Gasteiger partial charge in [-0.25, -0.2) is 0 Å². The van der Waals surface area contributed by atoms with Gasteiger partial charge in [0.25, 0.3) is 0 Å². The van der Waals surface area contributed by atoms with E-state index in [-0.39, 0.29) is 5.91 Å². The molecule has 0 aromatic rings. The zero-order valence-electron chi connectivity index (χ0n) is 8.96. The second kappa shape index (κ2) is 7.44. The van der Waals surface area contributed by atoms with Crippen LogP contribution < -0.4 is 5.32 Å². The minimum Gasteiger partial charge on any atom is -0.325 e. The topological polar surface area (TPSA) is 29.1 Å². The van der Waals surface area contributed by atoms with Gasteiger partial charge < -0.3 is 5.32 Å². The molecule has 2 nitrogen and oxygen atoms in total. The second-order valence-corrected chi connectivity index (χ2v) is 3.32. The molecule has 78 valence electrons. The lowest BCUT2D eigenvalue weighted by Gasteiger charge is -2.17. The van der Waals surface area contributed by atoms with E-state index in [2.05, 4.69) is 11.9 Å². The first-order chi connectivity index (χ1) is 6.77. The largest absolute Gasteiger partial charge is 0.325 e. The minimum absolute atomic E-state index is 0.0642. The lowest BCUT2D eigenvalue weighted by molar-refractivity contribution is -0.117. The molecule has 0 bridgehead atoms. The Morgan fingerprint density at radius 2 is 2.14 bits per heavy atom. The predicted octanol–water partition coefficient (Wildman–Crippen LogP) is 2.85. The quantitative estimate of drug-likeness (QED) is 0.722. The molecule has 1 amide bonds. The number of thioether (sulfide) groups is 1. The maximum absolute atomic E-state index is 11.0. The number of carbonyl (C=O) groups excluding carboxylic acids is 1. The highest BCUT2D eigenvalue weighted by Crippen LogP contribution is 2.25. The Morgan fingerprint density at radius 3 is 2.64 bits per heavy atom. The lowest BCUT2D eigenvalue weighted by atomic mass is 10.3. The molecule has 1 fully saturated rings. The molecular formula is C11H17NOS. The summed E-state index contributed by atoms with van der Waals surface area (Å²) in [6, 6.07) is 0. The average molecular weight is 211 g/mol. The minimum atomic E-state index is 0.0642. The van der Waals surface area contributed by atoms with Crippen LogP contribution in [-0.4, -0.2) is 11.7 Å². The summed E-state index contributed by atoms with van der Waals surface area (Å²) in [6.07, 6.45) is 5.52. The number of amides is 1. The van der Waals surface area contributed by atoms with Gasteiger partial charge >= 0.3 is 0 Å². The number of carbonyl (C=O) groups is 1. The molecule has 1 rings (SSSR count). The molecular weight excluding hydrogens is 194 g/mol. The standard InChI is InChI=1S/C9H11NOS.C2H6/c1-3-5-8-7(4-2)10-9(11)6-12-8;1-2/h3-5H,1,6H2,2H3,(H,10,11);1-2H3/b7-4+,8-5+;. The smallest absolute Gasteiger partial charge is 0.234 e. The highest BCUT2D eigenvalue weighted by Gasteiger charge is 2.15. The van der Waals surface area contributed by atoms with Gasteiger partial charge in [-0.3, -0.25) is 4.79 Å². The summed E-state index contributed by atoms with van der Waals surface area (Å²) >= 11 is 1.54. The molecule has 1 aliphatic rings. The fourth-order valence-electron chi connectivity index (χ4n) is 0.928. The van der Waals surface area contributed by atoms with Crippen LogP contribution in [0.5, 0.6) is 0 Å². The van der Waals surface area contributed by atoms with Crippen LogP contribution in [0.15, 0.2) is 35.4 Å². The average Bonchev–Trinajstić information content (AvgIpc) is 2.24. The molecule has 0 aromatic carbocycles. The summed E-state index contributed by atoms with van der Waals surface area (Å²) < 4.78 is 0. The number of nitrogens with one attached hydrogen (secondary N) is 1. The van der Waals surface area contributed by atoms with Gasteiger partial charge in [0.05, 0.1) is 11.4 Å². The number of hydrogen-bond acceptors (Lipinski definition) is 2. The van der Waals surface area contributed by atoms with E-state index in [0.29, 0.717) is 5.75 Å². The van der Waals surface area contributed by atoms with Crippen LogP contribution in [0.2, 0.25) is 0 Å². The zero-order valence-corrected chi connectivity index (χ0v) is 9.78. The molecule has 14 heavy (non-hydrogen) atoms. The maximum atomic E-state index is 11.0. The summed E-state index contributed by atoms with van der Waals surface area (Å²) in [6.45, 7) is 9.51. The molecule has 0 aliphatic carbocycles. The SMILES string of the molecule is C=C/C=C1/SCC(=O)N/C1=C/C.CC. The first-order valence-corrected chi connectivity index (χ1v) is 5.68. The van der Waals surface area contributed by atoms with Crippen molar-refractivity contribution in [1.29, 1.82) is 0 Å². The van der Waals surface area contributed by atoms with Crippen LogP contribution in [0.4, 0.5) is 0 Å². The number of allylic oxidation sites excluding steroid dienone is 3. The fourth-order valence-corrected chi connectivity index (χ4v) is 1.80. The van der Waals surface area contributed by atoms with E-state index in [1.54, 1.807) is 6.08 Å². The van der Waals surface area contributed by atoms with E-state index in [1.807, 2.05) is 32.9 Å². The molecule has 0 radical (unpaired) electrons. The maximum Gasteiger partial charge on any atom is 0.234 e. The monoisotopic (exact) mass is 211 g/mol. The fraction of sp³-hybridized carbons (Fsp3) is 0.364. The molecule has 1 aliphatic heterocycles. The van der Waals surface area contributed by atoms with Crippen LogP contribution in [-0.2, 0) is 4.79 Å². The van der Waals surface area contributed by atoms with E-state index in [1.165, 1.54) is 11.8 Å². The van der Waals surface area contributed by atoms with Gasteiger partial charge in [0.2, 0.25) is 5.91 Å². The van der Waals surface area contributed by atoms with Crippen molar-refractivity contribution in [1.82, 2.24) is 5.32 Å². The third kappa shape index (κ3) is 3.83. The Labute approximate surface area is 90.2 Å². The highest BCUT2D eigenvalue weighted by molar-refractivity contribution is 8.04. The summed E-state index contributed by atoms with van der Waals surface area (Å²) in [5.74, 6) is 0.561. The Bertz CT molecular complexity index is 266. The van der Waals surface area contributed by atoms with Gasteiger partial charge in [0.1, 0.15) is 0 Å². The van der Waals surface area contributed by atoms with Crippen LogP contribution >= 0.6 is 11.8 Å². The van der Waals surface area contributed by atoms with E-state index in [0.717, 1.165) is 10.6 Å². The lowest BCUT2D eigenvalue weighted by Crippen LogP contribution is -2.29. The molecule has 0 unspecified atom stereocenters. The second-order valence-electron chi connectivity index (χ2n) is 2.31. The molecule has 0 saturated carbocycles. The van der Waals surface area contributed by atoms with Gasteiger partial charge in [-0.1, -0.05) is 32.6 Å². The number of rotatable bonds is 1. The zero-order chi connectivity index (χ0) is 11.0. The first kappa shape index (κ1) is 13.0. The Kier molecular flexibility index (Phi) is 6.93. The number of hydrogen-bond donors (Lipinski definition) is 1. The summed E-state index contributed by atoms with van der Waals surface area (Å²) in [7, 11) is 0. The summed E-state index contributed by atoms with van der Waals surface area (Å²) in [5, 5.41) is 2.79. The van der Waals surface area contributed by atoms with Gasteiger partial charge in [-0.2, -0.15) is 0 Å². The van der Waals surface area contributed by atoms with Crippen molar-refractivity contribution >= 4 is 17.7 Å².